The van der Waals surface area contributed by atoms with Crippen molar-refractivity contribution in [3.8, 4) is 0 Å². The van der Waals surface area contributed by atoms with Gasteiger partial charge in [-0.15, -0.1) is 10.2 Å². The second-order valence-electron chi connectivity index (χ2n) is 5.06. The Balaban J connectivity index is 2.51. The van der Waals surface area contributed by atoms with Crippen LogP contribution in [0, 0.1) is 0 Å². The molecule has 1 heterocycles. The second kappa shape index (κ2) is 6.91. The molecule has 0 spiro atoms. The Labute approximate surface area is 118 Å². The minimum Gasteiger partial charge on any atom is -0.351 e. The number of hydrogen-bond donors (Lipinski definition) is 2. The molecular formula is C12H23N5OS. The molecule has 0 fully saturated rings. The summed E-state index contributed by atoms with van der Waals surface area (Å²) in [6.45, 7) is 6.76. The number of aromatic nitrogens is 3. The lowest BCUT2D eigenvalue weighted by atomic mass is 10.0. The highest BCUT2D eigenvalue weighted by atomic mass is 32.2. The van der Waals surface area contributed by atoms with Gasteiger partial charge in [-0.2, -0.15) is 0 Å². The molecule has 2 N–H and O–H groups in total. The topological polar surface area (TPSA) is 71.8 Å². The Kier molecular flexibility index (Phi) is 5.81. The summed E-state index contributed by atoms with van der Waals surface area (Å²) < 4.78 is 1.90. The quantitative estimate of drug-likeness (QED) is 0.729. The predicted octanol–water partition coefficient (Wildman–Crippen LogP) is 0.931. The van der Waals surface area contributed by atoms with Crippen LogP contribution in [0.2, 0.25) is 0 Å². The number of hydrogen-bond acceptors (Lipinski definition) is 5. The molecule has 6 nitrogen and oxygen atoms in total. The fourth-order valence-electron chi connectivity index (χ4n) is 1.41. The summed E-state index contributed by atoms with van der Waals surface area (Å²) in [5.74, 6) is 1.24. The lowest BCUT2D eigenvalue weighted by Crippen LogP contribution is -2.43. The molecule has 0 saturated heterocycles. The van der Waals surface area contributed by atoms with Crippen LogP contribution in [0.15, 0.2) is 5.16 Å². The van der Waals surface area contributed by atoms with E-state index in [1.807, 2.05) is 32.5 Å². The first-order chi connectivity index (χ1) is 8.89. The number of thioether (sulfide) groups is 1. The number of carbonyl (C=O) groups is 1. The van der Waals surface area contributed by atoms with Gasteiger partial charge >= 0.3 is 0 Å². The summed E-state index contributed by atoms with van der Waals surface area (Å²) in [5, 5.41) is 14.9. The number of amides is 1. The number of nitrogens with one attached hydrogen (secondary N) is 2. The van der Waals surface area contributed by atoms with Crippen LogP contribution in [0.3, 0.4) is 0 Å². The van der Waals surface area contributed by atoms with Gasteiger partial charge < -0.3 is 15.2 Å². The lowest BCUT2D eigenvalue weighted by molar-refractivity contribution is -0.120. The molecular weight excluding hydrogens is 262 g/mol. The molecule has 0 aromatic carbocycles. The van der Waals surface area contributed by atoms with E-state index in [9.17, 15) is 4.79 Å². The van der Waals surface area contributed by atoms with Gasteiger partial charge in [-0.25, -0.2) is 0 Å². The van der Waals surface area contributed by atoms with Gasteiger partial charge in [0.25, 0.3) is 0 Å². The Morgan fingerprint density at radius 1 is 1.42 bits per heavy atom. The molecule has 1 rings (SSSR count). The van der Waals surface area contributed by atoms with Gasteiger partial charge in [0.2, 0.25) is 5.91 Å². The highest BCUT2D eigenvalue weighted by molar-refractivity contribution is 7.99. The lowest BCUT2D eigenvalue weighted by Gasteiger charge is -2.24. The molecule has 0 radical (unpaired) electrons. The van der Waals surface area contributed by atoms with Gasteiger partial charge in [-0.05, 0) is 27.3 Å². The average molecular weight is 285 g/mol. The van der Waals surface area contributed by atoms with Crippen molar-refractivity contribution in [1.29, 1.82) is 0 Å². The van der Waals surface area contributed by atoms with Crippen LogP contribution >= 0.6 is 11.8 Å². The Bertz CT molecular complexity index is 430. The molecule has 1 aromatic heterocycles. The van der Waals surface area contributed by atoms with Gasteiger partial charge in [0, 0.05) is 12.6 Å². The summed E-state index contributed by atoms with van der Waals surface area (Å²) in [6.07, 6.45) is 0.902. The third-order valence-electron chi connectivity index (χ3n) is 2.95. The highest BCUT2D eigenvalue weighted by Crippen LogP contribution is 2.16. The van der Waals surface area contributed by atoms with E-state index in [0.717, 1.165) is 17.4 Å². The fraction of sp³-hybridized carbons (Fsp3) is 0.750. The number of nitrogens with zero attached hydrogens (tertiary/aromatic N) is 3. The highest BCUT2D eigenvalue weighted by Gasteiger charge is 2.18. The summed E-state index contributed by atoms with van der Waals surface area (Å²) in [7, 11) is 3.77. The van der Waals surface area contributed by atoms with Gasteiger partial charge in [0.05, 0.1) is 12.3 Å². The number of rotatable bonds is 7. The first-order valence-corrected chi connectivity index (χ1v) is 7.35. The molecule has 0 aliphatic heterocycles. The maximum absolute atomic E-state index is 11.8. The fourth-order valence-corrected chi connectivity index (χ4v) is 2.14. The standard InChI is InChI=1S/C12H23N5OS/c1-6-12(2,3)14-10(18)8-19-11-16-15-9(7-13-4)17(11)5/h13H,6-8H2,1-5H3,(H,14,18). The molecule has 0 aliphatic rings. The van der Waals surface area contributed by atoms with E-state index in [2.05, 4.69) is 27.8 Å². The van der Waals surface area contributed by atoms with Crippen molar-refractivity contribution < 1.29 is 4.79 Å². The van der Waals surface area contributed by atoms with Gasteiger partial charge in [-0.3, -0.25) is 4.79 Å². The van der Waals surface area contributed by atoms with E-state index in [1.54, 1.807) is 0 Å². The summed E-state index contributed by atoms with van der Waals surface area (Å²) in [4.78, 5) is 11.8. The zero-order valence-corrected chi connectivity index (χ0v) is 13.1. The van der Waals surface area contributed by atoms with E-state index < -0.39 is 0 Å². The SMILES string of the molecule is CCC(C)(C)NC(=O)CSc1nnc(CNC)n1C. The molecule has 1 aromatic rings. The summed E-state index contributed by atoms with van der Waals surface area (Å²) >= 11 is 1.40. The Hall–Kier alpha value is -1.08. The maximum atomic E-state index is 11.8. The molecule has 0 unspecified atom stereocenters. The van der Waals surface area contributed by atoms with Crippen LogP contribution in [0.25, 0.3) is 0 Å². The summed E-state index contributed by atoms with van der Waals surface area (Å²) in [5.41, 5.74) is -0.158. The van der Waals surface area contributed by atoms with E-state index in [4.69, 9.17) is 0 Å². The van der Waals surface area contributed by atoms with Crippen molar-refractivity contribution in [2.45, 2.75) is 44.4 Å². The minimum atomic E-state index is -0.158. The van der Waals surface area contributed by atoms with Crippen LogP contribution in [0.5, 0.6) is 0 Å². The second-order valence-corrected chi connectivity index (χ2v) is 6.00. The van der Waals surface area contributed by atoms with Crippen LogP contribution in [-0.2, 0) is 18.4 Å². The molecule has 108 valence electrons. The van der Waals surface area contributed by atoms with Crippen LogP contribution in [0.4, 0.5) is 0 Å². The molecule has 0 atom stereocenters. The smallest absolute Gasteiger partial charge is 0.230 e. The average Bonchev–Trinajstić information content (AvgIpc) is 2.69. The van der Waals surface area contributed by atoms with Gasteiger partial charge in [-0.1, -0.05) is 18.7 Å². The van der Waals surface area contributed by atoms with E-state index in [-0.39, 0.29) is 11.4 Å². The third kappa shape index (κ3) is 4.83. The van der Waals surface area contributed by atoms with Crippen molar-refractivity contribution in [2.24, 2.45) is 7.05 Å². The predicted molar refractivity (Wildman–Crippen MR) is 77.0 cm³/mol. The molecule has 7 heteroatoms. The zero-order valence-electron chi connectivity index (χ0n) is 12.3. The van der Waals surface area contributed by atoms with E-state index >= 15 is 0 Å². The largest absolute Gasteiger partial charge is 0.351 e. The Morgan fingerprint density at radius 3 is 2.68 bits per heavy atom. The maximum Gasteiger partial charge on any atom is 0.230 e. The van der Waals surface area contributed by atoms with Crippen molar-refractivity contribution in [3.63, 3.8) is 0 Å². The van der Waals surface area contributed by atoms with Crippen molar-refractivity contribution in [1.82, 2.24) is 25.4 Å². The van der Waals surface area contributed by atoms with E-state index in [0.29, 0.717) is 12.3 Å². The van der Waals surface area contributed by atoms with Crippen molar-refractivity contribution in [3.05, 3.63) is 5.82 Å². The molecule has 1 amide bonds. The first-order valence-electron chi connectivity index (χ1n) is 6.36. The molecule has 0 saturated carbocycles. The summed E-state index contributed by atoms with van der Waals surface area (Å²) in [6, 6.07) is 0. The minimum absolute atomic E-state index is 0.0232. The van der Waals surface area contributed by atoms with Crippen LogP contribution in [0.1, 0.15) is 33.0 Å². The molecule has 0 aliphatic carbocycles. The number of carbonyl (C=O) groups excluding carboxylic acids is 1. The monoisotopic (exact) mass is 285 g/mol. The van der Waals surface area contributed by atoms with Gasteiger partial charge in [0.15, 0.2) is 5.16 Å². The van der Waals surface area contributed by atoms with E-state index in [1.165, 1.54) is 11.8 Å². The van der Waals surface area contributed by atoms with Crippen molar-refractivity contribution in [2.75, 3.05) is 12.8 Å². The third-order valence-corrected chi connectivity index (χ3v) is 3.97. The van der Waals surface area contributed by atoms with Crippen LogP contribution in [-0.4, -0.2) is 39.0 Å². The van der Waals surface area contributed by atoms with Crippen LogP contribution < -0.4 is 10.6 Å². The first kappa shape index (κ1) is 16.0. The van der Waals surface area contributed by atoms with Gasteiger partial charge in [0.1, 0.15) is 5.82 Å². The van der Waals surface area contributed by atoms with Crippen molar-refractivity contribution >= 4 is 17.7 Å². The molecule has 19 heavy (non-hydrogen) atoms. The Morgan fingerprint density at radius 2 is 2.11 bits per heavy atom. The zero-order chi connectivity index (χ0) is 14.5. The normalized spacial score (nSPS) is 11.6. The molecule has 0 bridgehead atoms.